The standard InChI is InChI=1S/C19H25N3O6/c1-5-26-17(24)16(22-20)14(23)12-27-15-9-7-6-8-13(15)10-11-21-18(25)28-19(2,3)4/h6-9H,5,10-12H2,1-4H3,(H,21,25). The Labute approximate surface area is 163 Å². The number of carbonyl (C=O) groups is 3. The first-order valence-electron chi connectivity index (χ1n) is 8.77. The fourth-order valence-electron chi connectivity index (χ4n) is 2.09. The van der Waals surface area contributed by atoms with E-state index in [2.05, 4.69) is 14.8 Å². The Morgan fingerprint density at radius 3 is 2.46 bits per heavy atom. The van der Waals surface area contributed by atoms with Crippen LogP contribution in [-0.2, 0) is 25.5 Å². The maximum absolute atomic E-state index is 12.0. The van der Waals surface area contributed by atoms with Crippen LogP contribution in [0.4, 0.5) is 4.79 Å². The minimum absolute atomic E-state index is 0.0411. The van der Waals surface area contributed by atoms with Crippen molar-refractivity contribution in [1.82, 2.24) is 5.32 Å². The van der Waals surface area contributed by atoms with E-state index >= 15 is 0 Å². The van der Waals surface area contributed by atoms with Gasteiger partial charge < -0.3 is 25.1 Å². The zero-order valence-corrected chi connectivity index (χ0v) is 16.5. The van der Waals surface area contributed by atoms with Crippen molar-refractivity contribution in [3.05, 3.63) is 35.4 Å². The van der Waals surface area contributed by atoms with Gasteiger partial charge in [-0.2, -0.15) is 4.79 Å². The van der Waals surface area contributed by atoms with Gasteiger partial charge in [-0.1, -0.05) is 18.2 Å². The number of hydrogen-bond donors (Lipinski definition) is 1. The van der Waals surface area contributed by atoms with Gasteiger partial charge >= 0.3 is 17.8 Å². The number of benzene rings is 1. The summed E-state index contributed by atoms with van der Waals surface area (Å²) in [6, 6.07) is 6.94. The number of carbonyl (C=O) groups excluding carboxylic acids is 3. The number of nitrogens with zero attached hydrogens (tertiary/aromatic N) is 2. The third-order valence-electron chi connectivity index (χ3n) is 3.23. The maximum atomic E-state index is 12.0. The number of ketones is 1. The van der Waals surface area contributed by atoms with Crippen molar-refractivity contribution < 1.29 is 33.4 Å². The summed E-state index contributed by atoms with van der Waals surface area (Å²) in [6.07, 6.45) is -0.0954. The van der Waals surface area contributed by atoms with Crippen LogP contribution >= 0.6 is 0 Å². The molecule has 0 aromatic heterocycles. The molecule has 0 fully saturated rings. The Balaban J connectivity index is 2.64. The molecule has 0 radical (unpaired) electrons. The van der Waals surface area contributed by atoms with Gasteiger partial charge in [-0.15, -0.1) is 0 Å². The van der Waals surface area contributed by atoms with Crippen LogP contribution < -0.4 is 10.1 Å². The molecule has 0 saturated carbocycles. The van der Waals surface area contributed by atoms with Gasteiger partial charge in [0.25, 0.3) is 5.78 Å². The number of nitrogens with one attached hydrogen (secondary N) is 1. The highest BCUT2D eigenvalue weighted by molar-refractivity contribution is 6.62. The maximum Gasteiger partial charge on any atom is 0.445 e. The smallest absolute Gasteiger partial charge is 0.445 e. The molecule has 1 aromatic carbocycles. The number of Topliss-reactive ketones (excluding diaryl/α,β-unsaturated/α-hetero) is 1. The second kappa shape index (κ2) is 10.8. The number of hydrogen-bond acceptors (Lipinski definition) is 6. The van der Waals surface area contributed by atoms with Crippen molar-refractivity contribution in [1.29, 1.82) is 0 Å². The quantitative estimate of drug-likeness (QED) is 0.225. The summed E-state index contributed by atoms with van der Waals surface area (Å²) in [6.45, 7) is 6.71. The van der Waals surface area contributed by atoms with Crippen molar-refractivity contribution in [3.8, 4) is 5.75 Å². The molecule has 0 heterocycles. The average molecular weight is 391 g/mol. The normalized spacial score (nSPS) is 10.4. The first kappa shape index (κ1) is 22.9. The Morgan fingerprint density at radius 2 is 1.86 bits per heavy atom. The SMILES string of the molecule is CCOC(=O)C(=[N+]=[N-])C(=O)COc1ccccc1CCNC(=O)OC(C)(C)C. The lowest BCUT2D eigenvalue weighted by atomic mass is 10.1. The van der Waals surface area contributed by atoms with E-state index in [0.717, 1.165) is 5.56 Å². The van der Waals surface area contributed by atoms with Crippen molar-refractivity contribution in [3.63, 3.8) is 0 Å². The summed E-state index contributed by atoms with van der Waals surface area (Å²) in [7, 11) is 0. The number of amides is 1. The molecule has 9 heteroatoms. The van der Waals surface area contributed by atoms with Crippen LogP contribution in [0.5, 0.6) is 5.75 Å². The largest absolute Gasteiger partial charge is 0.485 e. The summed E-state index contributed by atoms with van der Waals surface area (Å²) in [5.41, 5.74) is 8.28. The lowest BCUT2D eigenvalue weighted by Gasteiger charge is -2.19. The minimum atomic E-state index is -1.02. The Morgan fingerprint density at radius 1 is 1.18 bits per heavy atom. The van der Waals surface area contributed by atoms with Crippen LogP contribution in [0, 0.1) is 0 Å². The molecule has 0 unspecified atom stereocenters. The third kappa shape index (κ3) is 8.01. The van der Waals surface area contributed by atoms with E-state index in [-0.39, 0.29) is 6.61 Å². The molecule has 28 heavy (non-hydrogen) atoms. The van der Waals surface area contributed by atoms with Crippen molar-refractivity contribution in [2.45, 2.75) is 39.7 Å². The fraction of sp³-hybridized carbons (Fsp3) is 0.474. The molecule has 9 nitrogen and oxygen atoms in total. The van der Waals surface area contributed by atoms with E-state index in [1.54, 1.807) is 52.0 Å². The van der Waals surface area contributed by atoms with Crippen LogP contribution in [0.15, 0.2) is 24.3 Å². The Hall–Kier alpha value is -3.19. The van der Waals surface area contributed by atoms with Crippen LogP contribution in [0.3, 0.4) is 0 Å². The Kier molecular flexibility index (Phi) is 8.84. The first-order valence-corrected chi connectivity index (χ1v) is 8.77. The number of rotatable bonds is 9. The molecule has 1 N–H and O–H groups in total. The van der Waals surface area contributed by atoms with Crippen molar-refractivity contribution >= 4 is 23.6 Å². The molecule has 1 rings (SSSR count). The lowest BCUT2D eigenvalue weighted by molar-refractivity contribution is -0.142. The van der Waals surface area contributed by atoms with E-state index < -0.39 is 35.8 Å². The lowest BCUT2D eigenvalue weighted by Crippen LogP contribution is -2.33. The number of ether oxygens (including phenoxy) is 3. The molecule has 1 amide bonds. The zero-order valence-electron chi connectivity index (χ0n) is 16.5. The van der Waals surface area contributed by atoms with Gasteiger partial charge in [0.05, 0.1) is 6.61 Å². The zero-order chi connectivity index (χ0) is 21.2. The van der Waals surface area contributed by atoms with E-state index in [0.29, 0.717) is 18.7 Å². The third-order valence-corrected chi connectivity index (χ3v) is 3.23. The van der Waals surface area contributed by atoms with Crippen molar-refractivity contribution in [2.24, 2.45) is 0 Å². The molecule has 0 aliphatic carbocycles. The second-order valence-corrected chi connectivity index (χ2v) is 6.67. The molecular weight excluding hydrogens is 366 g/mol. The molecule has 0 bridgehead atoms. The Bertz CT molecular complexity index is 763. The summed E-state index contributed by atoms with van der Waals surface area (Å²) >= 11 is 0. The van der Waals surface area contributed by atoms with E-state index in [1.807, 2.05) is 0 Å². The summed E-state index contributed by atoms with van der Waals surface area (Å²) < 4.78 is 15.3. The van der Waals surface area contributed by atoms with Gasteiger partial charge in [-0.05, 0) is 45.7 Å². The number of esters is 1. The van der Waals surface area contributed by atoms with Gasteiger partial charge in [0.15, 0.2) is 6.61 Å². The highest BCUT2D eigenvalue weighted by Crippen LogP contribution is 2.18. The molecule has 0 saturated heterocycles. The van der Waals surface area contributed by atoms with Crippen LogP contribution in [0.2, 0.25) is 0 Å². The molecule has 0 atom stereocenters. The predicted molar refractivity (Wildman–Crippen MR) is 100 cm³/mol. The van der Waals surface area contributed by atoms with E-state index in [9.17, 15) is 14.4 Å². The van der Waals surface area contributed by atoms with Gasteiger partial charge in [-0.25, -0.2) is 9.59 Å². The highest BCUT2D eigenvalue weighted by Gasteiger charge is 2.31. The molecular formula is C19H25N3O6. The first-order chi connectivity index (χ1) is 13.2. The summed E-state index contributed by atoms with van der Waals surface area (Å²) in [5, 5.41) is 2.64. The molecule has 0 aliphatic rings. The second-order valence-electron chi connectivity index (χ2n) is 6.67. The van der Waals surface area contributed by atoms with Crippen LogP contribution in [0.1, 0.15) is 33.3 Å². The van der Waals surface area contributed by atoms with Gasteiger partial charge in [0.1, 0.15) is 11.4 Å². The molecule has 0 aliphatic heterocycles. The molecule has 1 aromatic rings. The van der Waals surface area contributed by atoms with Crippen LogP contribution in [0.25, 0.3) is 5.53 Å². The van der Waals surface area contributed by atoms with Gasteiger partial charge in [0.2, 0.25) is 0 Å². The predicted octanol–water partition coefficient (Wildman–Crippen LogP) is 1.94. The van der Waals surface area contributed by atoms with Crippen molar-refractivity contribution in [2.75, 3.05) is 19.8 Å². The van der Waals surface area contributed by atoms with E-state index in [4.69, 9.17) is 15.0 Å². The summed E-state index contributed by atoms with van der Waals surface area (Å²) in [4.78, 5) is 38.0. The molecule has 0 spiro atoms. The molecule has 152 valence electrons. The summed E-state index contributed by atoms with van der Waals surface area (Å²) in [5.74, 6) is -1.43. The van der Waals surface area contributed by atoms with E-state index in [1.165, 1.54) is 0 Å². The number of alkyl carbamates (subject to hydrolysis) is 1. The average Bonchev–Trinajstić information content (AvgIpc) is 2.60. The highest BCUT2D eigenvalue weighted by atomic mass is 16.6. The fourth-order valence-corrected chi connectivity index (χ4v) is 2.09. The monoisotopic (exact) mass is 391 g/mol. The topological polar surface area (TPSA) is 127 Å². The van der Waals surface area contributed by atoms with Gasteiger partial charge in [0, 0.05) is 6.54 Å². The van der Waals surface area contributed by atoms with Crippen LogP contribution in [-0.4, -0.2) is 53.7 Å². The number of para-hydroxylation sites is 1. The minimum Gasteiger partial charge on any atom is -0.485 e. The van der Waals surface area contributed by atoms with Gasteiger partial charge in [-0.3, -0.25) is 4.79 Å².